The number of nitrogens with zero attached hydrogens (tertiary/aromatic N) is 3. The van der Waals surface area contributed by atoms with Crippen molar-refractivity contribution >= 4 is 5.69 Å². The lowest BCUT2D eigenvalue weighted by atomic mass is 10.2. The van der Waals surface area contributed by atoms with Crippen LogP contribution in [0.25, 0.3) is 0 Å². The Balaban J connectivity index is 1.74. The van der Waals surface area contributed by atoms with Gasteiger partial charge in [-0.1, -0.05) is 12.1 Å². The molecule has 0 unspecified atom stereocenters. The maximum atomic E-state index is 9.22. The Morgan fingerprint density at radius 2 is 2.20 bits per heavy atom. The minimum Gasteiger partial charge on any atom is -0.423 e. The number of benzene rings is 1. The Hall–Kier alpha value is -1.88. The highest BCUT2D eigenvalue weighted by atomic mass is 16.4. The third-order valence-corrected chi connectivity index (χ3v) is 3.58. The number of aliphatic hydroxyl groups is 1. The average Bonchev–Trinajstić information content (AvgIpc) is 3.24. The Bertz CT molecular complexity index is 578. The fourth-order valence-electron chi connectivity index (χ4n) is 2.23. The van der Waals surface area contributed by atoms with E-state index in [2.05, 4.69) is 22.0 Å². The topological polar surface area (TPSA) is 62.4 Å². The van der Waals surface area contributed by atoms with Crippen molar-refractivity contribution in [3.8, 4) is 0 Å². The fourth-order valence-corrected chi connectivity index (χ4v) is 2.23. The molecule has 1 saturated carbocycles. The van der Waals surface area contributed by atoms with E-state index >= 15 is 0 Å². The normalized spacial score (nSPS) is 14.5. The van der Waals surface area contributed by atoms with Gasteiger partial charge in [-0.05, 0) is 37.5 Å². The van der Waals surface area contributed by atoms with Crippen molar-refractivity contribution < 1.29 is 9.52 Å². The van der Waals surface area contributed by atoms with Crippen molar-refractivity contribution in [1.29, 1.82) is 0 Å². The summed E-state index contributed by atoms with van der Waals surface area (Å²) in [5.41, 5.74) is 1.97. The van der Waals surface area contributed by atoms with E-state index in [9.17, 15) is 5.11 Å². The van der Waals surface area contributed by atoms with Crippen molar-refractivity contribution in [3.05, 3.63) is 41.6 Å². The molecule has 1 heterocycles. The van der Waals surface area contributed by atoms with E-state index in [0.29, 0.717) is 18.4 Å². The van der Waals surface area contributed by atoms with Gasteiger partial charge in [0.25, 0.3) is 0 Å². The zero-order chi connectivity index (χ0) is 13.9. The fraction of sp³-hybridized carbons (Fsp3) is 0.467. The third kappa shape index (κ3) is 2.82. The molecule has 1 aliphatic rings. The van der Waals surface area contributed by atoms with Crippen molar-refractivity contribution in [2.45, 2.75) is 38.8 Å². The van der Waals surface area contributed by atoms with E-state index in [1.165, 1.54) is 0 Å². The van der Waals surface area contributed by atoms with Crippen LogP contribution in [0.1, 0.15) is 43.0 Å². The van der Waals surface area contributed by atoms with E-state index in [1.807, 2.05) is 24.3 Å². The Labute approximate surface area is 118 Å². The van der Waals surface area contributed by atoms with Crippen LogP contribution in [0.5, 0.6) is 0 Å². The first-order valence-corrected chi connectivity index (χ1v) is 7.07. The number of anilines is 1. The smallest absolute Gasteiger partial charge is 0.235 e. The quantitative estimate of drug-likeness (QED) is 0.876. The molecule has 1 fully saturated rings. The van der Waals surface area contributed by atoms with Gasteiger partial charge >= 0.3 is 0 Å². The Morgan fingerprint density at radius 3 is 2.90 bits per heavy atom. The molecule has 2 aromatic rings. The monoisotopic (exact) mass is 273 g/mol. The molecule has 1 aromatic carbocycles. The predicted octanol–water partition coefficient (Wildman–Crippen LogP) is 2.47. The Morgan fingerprint density at radius 1 is 1.35 bits per heavy atom. The van der Waals surface area contributed by atoms with Gasteiger partial charge in [-0.2, -0.15) is 0 Å². The van der Waals surface area contributed by atoms with Gasteiger partial charge in [0.15, 0.2) is 0 Å². The molecule has 1 aromatic heterocycles. The van der Waals surface area contributed by atoms with Crippen LogP contribution in [0.2, 0.25) is 0 Å². The van der Waals surface area contributed by atoms with E-state index in [1.54, 1.807) is 0 Å². The summed E-state index contributed by atoms with van der Waals surface area (Å²) in [5, 5.41) is 17.5. The molecule has 5 nitrogen and oxygen atoms in total. The Kier molecular flexibility index (Phi) is 3.69. The molecule has 0 saturated heterocycles. The largest absolute Gasteiger partial charge is 0.423 e. The molecule has 5 heteroatoms. The van der Waals surface area contributed by atoms with Gasteiger partial charge in [0, 0.05) is 18.2 Å². The standard InChI is InChI=1S/C15H19N3O2/c1-2-18(13-5-3-4-11(8-13)10-19)9-14-16-17-15(20-14)12-6-7-12/h3-5,8,12,19H,2,6-7,9-10H2,1H3. The van der Waals surface area contributed by atoms with Gasteiger partial charge in [-0.15, -0.1) is 10.2 Å². The van der Waals surface area contributed by atoms with Gasteiger partial charge in [0.2, 0.25) is 11.8 Å². The maximum Gasteiger partial charge on any atom is 0.235 e. The second-order valence-electron chi connectivity index (χ2n) is 5.15. The van der Waals surface area contributed by atoms with Gasteiger partial charge in [0.1, 0.15) is 0 Å². The second kappa shape index (κ2) is 5.63. The average molecular weight is 273 g/mol. The molecule has 106 valence electrons. The minimum absolute atomic E-state index is 0.0534. The highest BCUT2D eigenvalue weighted by molar-refractivity contribution is 5.48. The van der Waals surface area contributed by atoms with Gasteiger partial charge in [-0.25, -0.2) is 0 Å². The molecule has 0 amide bonds. The first-order chi connectivity index (χ1) is 9.80. The number of hydrogen-bond donors (Lipinski definition) is 1. The van der Waals surface area contributed by atoms with E-state index in [4.69, 9.17) is 4.42 Å². The lowest BCUT2D eigenvalue weighted by molar-refractivity contribution is 0.282. The second-order valence-corrected chi connectivity index (χ2v) is 5.15. The molecule has 3 rings (SSSR count). The summed E-state index contributed by atoms with van der Waals surface area (Å²) in [6.07, 6.45) is 2.33. The van der Waals surface area contributed by atoms with Crippen LogP contribution in [0.15, 0.2) is 28.7 Å². The molecule has 0 aliphatic heterocycles. The summed E-state index contributed by atoms with van der Waals surface area (Å²) in [5.74, 6) is 1.92. The lowest BCUT2D eigenvalue weighted by Crippen LogP contribution is -2.22. The van der Waals surface area contributed by atoms with Gasteiger partial charge < -0.3 is 14.4 Å². The van der Waals surface area contributed by atoms with E-state index < -0.39 is 0 Å². The predicted molar refractivity (Wildman–Crippen MR) is 75.4 cm³/mol. The minimum atomic E-state index is 0.0534. The van der Waals surface area contributed by atoms with Crippen LogP contribution < -0.4 is 4.90 Å². The molecule has 0 radical (unpaired) electrons. The first kappa shape index (κ1) is 13.1. The highest BCUT2D eigenvalue weighted by Crippen LogP contribution is 2.39. The molecule has 1 N–H and O–H groups in total. The van der Waals surface area contributed by atoms with Crippen molar-refractivity contribution in [3.63, 3.8) is 0 Å². The molecule has 0 bridgehead atoms. The van der Waals surface area contributed by atoms with Crippen molar-refractivity contribution in [2.24, 2.45) is 0 Å². The summed E-state index contributed by atoms with van der Waals surface area (Å²) < 4.78 is 5.70. The van der Waals surface area contributed by atoms with Crippen LogP contribution in [-0.2, 0) is 13.2 Å². The molecule has 1 aliphatic carbocycles. The molecule has 20 heavy (non-hydrogen) atoms. The van der Waals surface area contributed by atoms with Crippen LogP contribution in [0.4, 0.5) is 5.69 Å². The summed E-state index contributed by atoms with van der Waals surface area (Å²) in [4.78, 5) is 2.16. The lowest BCUT2D eigenvalue weighted by Gasteiger charge is -2.21. The number of aromatic nitrogens is 2. The third-order valence-electron chi connectivity index (χ3n) is 3.58. The summed E-state index contributed by atoms with van der Waals surface area (Å²) in [7, 11) is 0. The zero-order valence-corrected chi connectivity index (χ0v) is 11.6. The van der Waals surface area contributed by atoms with E-state index in [0.717, 1.165) is 36.5 Å². The summed E-state index contributed by atoms with van der Waals surface area (Å²) >= 11 is 0. The molecular formula is C15H19N3O2. The number of hydrogen-bond acceptors (Lipinski definition) is 5. The van der Waals surface area contributed by atoms with Crippen LogP contribution >= 0.6 is 0 Å². The van der Waals surface area contributed by atoms with Crippen LogP contribution in [0, 0.1) is 0 Å². The van der Waals surface area contributed by atoms with Gasteiger partial charge in [-0.3, -0.25) is 0 Å². The van der Waals surface area contributed by atoms with Crippen molar-refractivity contribution in [2.75, 3.05) is 11.4 Å². The number of rotatable bonds is 6. The maximum absolute atomic E-state index is 9.22. The first-order valence-electron chi connectivity index (χ1n) is 7.07. The zero-order valence-electron chi connectivity index (χ0n) is 11.6. The summed E-state index contributed by atoms with van der Waals surface area (Å²) in [6, 6.07) is 7.88. The molecule has 0 spiro atoms. The SMILES string of the molecule is CCN(Cc1nnc(C2CC2)o1)c1cccc(CO)c1. The summed E-state index contributed by atoms with van der Waals surface area (Å²) in [6.45, 7) is 3.59. The molecular weight excluding hydrogens is 254 g/mol. The van der Waals surface area contributed by atoms with Crippen molar-refractivity contribution in [1.82, 2.24) is 10.2 Å². The van der Waals surface area contributed by atoms with Gasteiger partial charge in [0.05, 0.1) is 13.2 Å². The molecule has 0 atom stereocenters. The van der Waals surface area contributed by atoms with Crippen LogP contribution in [0.3, 0.4) is 0 Å². The van der Waals surface area contributed by atoms with E-state index in [-0.39, 0.29) is 6.61 Å². The highest BCUT2D eigenvalue weighted by Gasteiger charge is 2.29. The number of aliphatic hydroxyl groups excluding tert-OH is 1. The van der Waals surface area contributed by atoms with Crippen LogP contribution in [-0.4, -0.2) is 21.8 Å².